The zero-order valence-corrected chi connectivity index (χ0v) is 17.9. The number of rotatable bonds is 4. The molecule has 1 aliphatic rings. The molecule has 2 heterocycles. The van der Waals surface area contributed by atoms with Crippen molar-refractivity contribution in [1.29, 1.82) is 0 Å². The number of amides is 1. The van der Waals surface area contributed by atoms with E-state index in [1.165, 1.54) is 33.8 Å². The van der Waals surface area contributed by atoms with Crippen LogP contribution >= 0.6 is 11.6 Å². The van der Waals surface area contributed by atoms with Crippen molar-refractivity contribution in [3.63, 3.8) is 0 Å². The predicted octanol–water partition coefficient (Wildman–Crippen LogP) is 3.32. The number of hydrogen-bond acceptors (Lipinski definition) is 6. The zero-order chi connectivity index (χ0) is 22.8. The second kappa shape index (κ2) is 8.89. The molecule has 32 heavy (non-hydrogen) atoms. The number of para-hydroxylation sites is 2. The highest BCUT2D eigenvalue weighted by Crippen LogP contribution is 2.25. The molecule has 0 radical (unpaired) electrons. The number of benzene rings is 2. The third-order valence-electron chi connectivity index (χ3n) is 5.21. The van der Waals surface area contributed by atoms with Gasteiger partial charge in [-0.25, -0.2) is 4.68 Å². The van der Waals surface area contributed by atoms with Gasteiger partial charge in [-0.3, -0.25) is 19.7 Å². The molecule has 1 aromatic heterocycles. The third-order valence-corrected chi connectivity index (χ3v) is 5.46. The molecule has 164 valence electrons. The summed E-state index contributed by atoms with van der Waals surface area (Å²) in [7, 11) is 0. The van der Waals surface area contributed by atoms with Crippen molar-refractivity contribution in [2.24, 2.45) is 0 Å². The Hall–Kier alpha value is -3.56. The van der Waals surface area contributed by atoms with Gasteiger partial charge in [0.1, 0.15) is 11.8 Å². The van der Waals surface area contributed by atoms with E-state index in [1.807, 2.05) is 12.1 Å². The largest absolute Gasteiger partial charge is 0.370 e. The van der Waals surface area contributed by atoms with Crippen LogP contribution in [-0.4, -0.2) is 45.2 Å². The minimum absolute atomic E-state index is 0.171. The molecule has 0 spiro atoms. The predicted molar refractivity (Wildman–Crippen MR) is 117 cm³/mol. The normalized spacial score (nSPS) is 16.1. The van der Waals surface area contributed by atoms with Crippen molar-refractivity contribution >= 4 is 23.2 Å². The molecule has 1 unspecified atom stereocenters. The first-order valence-electron chi connectivity index (χ1n) is 9.86. The monoisotopic (exact) mass is 454 g/mol. The molecule has 0 bridgehead atoms. The fourth-order valence-corrected chi connectivity index (χ4v) is 3.73. The van der Waals surface area contributed by atoms with Gasteiger partial charge in [0.25, 0.3) is 11.6 Å². The van der Waals surface area contributed by atoms with Crippen LogP contribution in [0.1, 0.15) is 27.8 Å². The Balaban J connectivity index is 1.67. The second-order valence-electron chi connectivity index (χ2n) is 7.32. The van der Waals surface area contributed by atoms with Crippen LogP contribution < -0.4 is 5.43 Å². The lowest BCUT2D eigenvalue weighted by Crippen LogP contribution is -2.44. The van der Waals surface area contributed by atoms with Crippen molar-refractivity contribution in [1.82, 2.24) is 14.7 Å². The van der Waals surface area contributed by atoms with E-state index in [1.54, 1.807) is 25.1 Å². The first kappa shape index (κ1) is 21.7. The summed E-state index contributed by atoms with van der Waals surface area (Å²) in [6.45, 7) is 2.43. The number of carbonyl (C=O) groups excluding carboxylic acids is 1. The molecule has 1 saturated heterocycles. The Morgan fingerprint density at radius 2 is 1.94 bits per heavy atom. The van der Waals surface area contributed by atoms with E-state index in [-0.39, 0.29) is 29.7 Å². The van der Waals surface area contributed by atoms with Crippen LogP contribution in [0.3, 0.4) is 0 Å². The van der Waals surface area contributed by atoms with E-state index >= 15 is 0 Å². The van der Waals surface area contributed by atoms with Crippen molar-refractivity contribution in [3.05, 3.63) is 96.9 Å². The summed E-state index contributed by atoms with van der Waals surface area (Å²) in [5.41, 5.74) is 0.384. The molecular formula is C22H19ClN4O5. The molecule has 2 aromatic carbocycles. The van der Waals surface area contributed by atoms with E-state index in [0.29, 0.717) is 23.9 Å². The summed E-state index contributed by atoms with van der Waals surface area (Å²) >= 11 is 5.94. The standard InChI is InChI=1S/C22H19ClN4O5/c1-14-12-19(28)21(24-26(14)17-4-2-3-5-18(17)27(30)31)22(29)25-10-11-32-20(13-25)15-6-8-16(23)9-7-15/h2-9,12,20H,10-11,13H2,1H3. The number of hydrogen-bond donors (Lipinski definition) is 0. The summed E-state index contributed by atoms with van der Waals surface area (Å²) in [4.78, 5) is 38.2. The Kier molecular flexibility index (Phi) is 6.02. The lowest BCUT2D eigenvalue weighted by molar-refractivity contribution is -0.384. The van der Waals surface area contributed by atoms with Crippen LogP contribution in [0.25, 0.3) is 5.69 Å². The number of nitro groups is 1. The van der Waals surface area contributed by atoms with E-state index in [0.717, 1.165) is 5.56 Å². The van der Waals surface area contributed by atoms with E-state index in [9.17, 15) is 19.7 Å². The van der Waals surface area contributed by atoms with Crippen LogP contribution in [0.15, 0.2) is 59.4 Å². The summed E-state index contributed by atoms with van der Waals surface area (Å²) < 4.78 is 7.04. The van der Waals surface area contributed by atoms with Gasteiger partial charge in [0.2, 0.25) is 5.43 Å². The maximum atomic E-state index is 13.2. The van der Waals surface area contributed by atoms with E-state index < -0.39 is 16.3 Å². The highest BCUT2D eigenvalue weighted by molar-refractivity contribution is 6.30. The average Bonchev–Trinajstić information content (AvgIpc) is 2.79. The van der Waals surface area contributed by atoms with Gasteiger partial charge in [0, 0.05) is 29.4 Å². The molecular weight excluding hydrogens is 436 g/mol. The summed E-state index contributed by atoms with van der Waals surface area (Å²) in [6, 6.07) is 14.4. The van der Waals surface area contributed by atoms with Gasteiger partial charge in [-0.15, -0.1) is 0 Å². The number of nitrogens with zero attached hydrogens (tertiary/aromatic N) is 4. The first-order valence-corrected chi connectivity index (χ1v) is 10.2. The van der Waals surface area contributed by atoms with Crippen molar-refractivity contribution in [2.45, 2.75) is 13.0 Å². The highest BCUT2D eigenvalue weighted by Gasteiger charge is 2.29. The molecule has 9 nitrogen and oxygen atoms in total. The summed E-state index contributed by atoms with van der Waals surface area (Å²) in [5.74, 6) is -0.551. The molecule has 3 aromatic rings. The lowest BCUT2D eigenvalue weighted by atomic mass is 10.1. The van der Waals surface area contributed by atoms with Gasteiger partial charge in [-0.2, -0.15) is 5.10 Å². The van der Waals surface area contributed by atoms with Crippen LogP contribution in [0.5, 0.6) is 0 Å². The Labute approximate surface area is 187 Å². The molecule has 1 atom stereocenters. The fraction of sp³-hybridized carbons (Fsp3) is 0.227. The molecule has 0 saturated carbocycles. The molecule has 4 rings (SSSR count). The molecule has 1 aliphatic heterocycles. The maximum absolute atomic E-state index is 13.2. The summed E-state index contributed by atoms with van der Waals surface area (Å²) in [6.07, 6.45) is -0.368. The maximum Gasteiger partial charge on any atom is 0.294 e. The number of nitro benzene ring substituents is 1. The number of aromatic nitrogens is 2. The second-order valence-corrected chi connectivity index (χ2v) is 7.75. The van der Waals surface area contributed by atoms with Crippen molar-refractivity contribution in [3.8, 4) is 5.69 Å². The number of aryl methyl sites for hydroxylation is 1. The first-order chi connectivity index (χ1) is 15.3. The van der Waals surface area contributed by atoms with Gasteiger partial charge in [-0.1, -0.05) is 35.9 Å². The van der Waals surface area contributed by atoms with E-state index in [2.05, 4.69) is 5.10 Å². The van der Waals surface area contributed by atoms with Gasteiger partial charge in [0.15, 0.2) is 5.69 Å². The topological polar surface area (TPSA) is 108 Å². The molecule has 1 amide bonds. The Morgan fingerprint density at radius 1 is 1.22 bits per heavy atom. The highest BCUT2D eigenvalue weighted by atomic mass is 35.5. The molecule has 1 fully saturated rings. The van der Waals surface area contributed by atoms with Crippen LogP contribution in [-0.2, 0) is 4.74 Å². The molecule has 0 aliphatic carbocycles. The number of halogens is 1. The quantitative estimate of drug-likeness (QED) is 0.442. The lowest BCUT2D eigenvalue weighted by Gasteiger charge is -2.33. The summed E-state index contributed by atoms with van der Waals surface area (Å²) in [5, 5.41) is 16.3. The number of carbonyl (C=O) groups is 1. The van der Waals surface area contributed by atoms with Crippen LogP contribution in [0.2, 0.25) is 5.02 Å². The van der Waals surface area contributed by atoms with E-state index in [4.69, 9.17) is 16.3 Å². The zero-order valence-electron chi connectivity index (χ0n) is 17.1. The van der Waals surface area contributed by atoms with Gasteiger partial charge in [0.05, 0.1) is 18.1 Å². The Bertz CT molecular complexity index is 1240. The third kappa shape index (κ3) is 4.25. The van der Waals surface area contributed by atoms with Crippen LogP contribution in [0.4, 0.5) is 5.69 Å². The van der Waals surface area contributed by atoms with Gasteiger partial charge >= 0.3 is 0 Å². The Morgan fingerprint density at radius 3 is 2.66 bits per heavy atom. The van der Waals surface area contributed by atoms with Gasteiger partial charge in [-0.05, 0) is 30.7 Å². The van der Waals surface area contributed by atoms with Crippen molar-refractivity contribution < 1.29 is 14.5 Å². The smallest absolute Gasteiger partial charge is 0.294 e. The molecule has 10 heteroatoms. The minimum atomic E-state index is -0.551. The minimum Gasteiger partial charge on any atom is -0.370 e. The fourth-order valence-electron chi connectivity index (χ4n) is 3.60. The SMILES string of the molecule is Cc1cc(=O)c(C(=O)N2CCOC(c3ccc(Cl)cc3)C2)nn1-c1ccccc1[N+](=O)[O-]. The average molecular weight is 455 g/mol. The number of ether oxygens (including phenoxy) is 1. The molecule has 0 N–H and O–H groups in total. The van der Waals surface area contributed by atoms with Crippen molar-refractivity contribution in [2.75, 3.05) is 19.7 Å². The van der Waals surface area contributed by atoms with Gasteiger partial charge < -0.3 is 9.64 Å². The number of morpholine rings is 1. The van der Waals surface area contributed by atoms with Crippen LogP contribution in [0, 0.1) is 17.0 Å².